The standard InChI is InChI=1S/C21H20ClN3O2S/c1-24(12-15-8-10-28-14-15)13-21(26)25-19(20-3-2-9-27-20)11-18(23-25)16-4-6-17(22)7-5-16/h2-10,14,19H,11-13H2,1H3/t19-/m0/s1. The van der Waals surface area contributed by atoms with Crippen molar-refractivity contribution >= 4 is 34.6 Å². The van der Waals surface area contributed by atoms with Gasteiger partial charge in [0.05, 0.1) is 18.5 Å². The number of hydrogen-bond acceptors (Lipinski definition) is 5. The predicted molar refractivity (Wildman–Crippen MR) is 112 cm³/mol. The summed E-state index contributed by atoms with van der Waals surface area (Å²) in [7, 11) is 1.94. The van der Waals surface area contributed by atoms with Crippen LogP contribution in [0, 0.1) is 0 Å². The number of hydrogen-bond donors (Lipinski definition) is 0. The zero-order valence-corrected chi connectivity index (χ0v) is 17.0. The number of carbonyl (C=O) groups is 1. The Morgan fingerprint density at radius 1 is 1.32 bits per heavy atom. The van der Waals surface area contributed by atoms with Crippen molar-refractivity contribution in [2.75, 3.05) is 13.6 Å². The van der Waals surface area contributed by atoms with Gasteiger partial charge in [-0.15, -0.1) is 0 Å². The third-order valence-corrected chi connectivity index (χ3v) is 5.64. The molecular weight excluding hydrogens is 394 g/mol. The molecule has 0 fully saturated rings. The Hall–Kier alpha value is -2.41. The SMILES string of the molecule is CN(CC(=O)N1N=C(c2ccc(Cl)cc2)C[C@H]1c1ccco1)Cc1ccsc1. The number of likely N-dealkylation sites (N-methyl/N-ethyl adjacent to an activating group) is 1. The summed E-state index contributed by atoms with van der Waals surface area (Å²) in [5.74, 6) is 0.685. The molecule has 0 aliphatic carbocycles. The Morgan fingerprint density at radius 3 is 2.82 bits per heavy atom. The van der Waals surface area contributed by atoms with Gasteiger partial charge < -0.3 is 4.42 Å². The van der Waals surface area contributed by atoms with E-state index >= 15 is 0 Å². The van der Waals surface area contributed by atoms with Crippen molar-refractivity contribution in [1.82, 2.24) is 9.91 Å². The molecule has 144 valence electrons. The van der Waals surface area contributed by atoms with E-state index in [9.17, 15) is 4.79 Å². The van der Waals surface area contributed by atoms with Gasteiger partial charge in [0.25, 0.3) is 5.91 Å². The molecule has 0 saturated heterocycles. The molecule has 0 radical (unpaired) electrons. The number of nitrogens with zero attached hydrogens (tertiary/aromatic N) is 3. The summed E-state index contributed by atoms with van der Waals surface area (Å²) in [6, 6.07) is 13.1. The molecule has 0 spiro atoms. The lowest BCUT2D eigenvalue weighted by molar-refractivity contribution is -0.134. The molecule has 0 N–H and O–H groups in total. The lowest BCUT2D eigenvalue weighted by atomic mass is 10.0. The molecule has 4 rings (SSSR count). The maximum atomic E-state index is 13.0. The normalized spacial score (nSPS) is 16.6. The summed E-state index contributed by atoms with van der Waals surface area (Å²) < 4.78 is 5.59. The van der Waals surface area contributed by atoms with Gasteiger partial charge >= 0.3 is 0 Å². The molecule has 1 aliphatic heterocycles. The van der Waals surface area contributed by atoms with Crippen LogP contribution in [0.4, 0.5) is 0 Å². The first-order chi connectivity index (χ1) is 13.6. The van der Waals surface area contributed by atoms with E-state index in [1.165, 1.54) is 5.56 Å². The first-order valence-corrected chi connectivity index (χ1v) is 10.3. The highest BCUT2D eigenvalue weighted by Gasteiger charge is 2.35. The quantitative estimate of drug-likeness (QED) is 0.583. The van der Waals surface area contributed by atoms with E-state index in [0.717, 1.165) is 23.6 Å². The number of halogens is 1. The highest BCUT2D eigenvalue weighted by molar-refractivity contribution is 7.07. The molecule has 7 heteroatoms. The van der Waals surface area contributed by atoms with Crippen LogP contribution in [0.3, 0.4) is 0 Å². The molecule has 5 nitrogen and oxygen atoms in total. The maximum absolute atomic E-state index is 13.0. The second kappa shape index (κ2) is 8.31. The van der Waals surface area contributed by atoms with Gasteiger partial charge in [0.2, 0.25) is 0 Å². The molecule has 0 unspecified atom stereocenters. The minimum Gasteiger partial charge on any atom is -0.467 e. The van der Waals surface area contributed by atoms with Crippen LogP contribution in [0.2, 0.25) is 5.02 Å². The molecule has 1 aromatic carbocycles. The number of carbonyl (C=O) groups excluding carboxylic acids is 1. The number of furan rings is 1. The summed E-state index contributed by atoms with van der Waals surface area (Å²) in [5, 5.41) is 11.0. The lowest BCUT2D eigenvalue weighted by Gasteiger charge is -2.23. The zero-order chi connectivity index (χ0) is 19.5. The topological polar surface area (TPSA) is 49.1 Å². The van der Waals surface area contributed by atoms with Crippen molar-refractivity contribution in [3.8, 4) is 0 Å². The zero-order valence-electron chi connectivity index (χ0n) is 15.4. The predicted octanol–water partition coefficient (Wildman–Crippen LogP) is 4.80. The van der Waals surface area contributed by atoms with E-state index in [4.69, 9.17) is 16.0 Å². The monoisotopic (exact) mass is 413 g/mol. The van der Waals surface area contributed by atoms with E-state index in [1.807, 2.05) is 53.7 Å². The van der Waals surface area contributed by atoms with Gasteiger partial charge in [0.1, 0.15) is 11.8 Å². The van der Waals surface area contributed by atoms with Crippen molar-refractivity contribution in [1.29, 1.82) is 0 Å². The van der Waals surface area contributed by atoms with Gasteiger partial charge in [-0.1, -0.05) is 23.7 Å². The van der Waals surface area contributed by atoms with Crippen LogP contribution in [-0.4, -0.2) is 35.1 Å². The Morgan fingerprint density at radius 2 is 2.14 bits per heavy atom. The smallest absolute Gasteiger partial charge is 0.257 e. The molecule has 28 heavy (non-hydrogen) atoms. The molecule has 2 aromatic heterocycles. The van der Waals surface area contributed by atoms with Crippen molar-refractivity contribution in [3.63, 3.8) is 0 Å². The van der Waals surface area contributed by atoms with E-state index < -0.39 is 0 Å². The Labute approximate surface area is 172 Å². The fourth-order valence-corrected chi connectivity index (χ4v) is 4.10. The number of amides is 1. The van der Waals surface area contributed by atoms with Crippen LogP contribution in [0.1, 0.15) is 29.3 Å². The van der Waals surface area contributed by atoms with Gasteiger partial charge in [0.15, 0.2) is 0 Å². The summed E-state index contributed by atoms with van der Waals surface area (Å²) in [4.78, 5) is 15.0. The highest BCUT2D eigenvalue weighted by atomic mass is 35.5. The Bertz CT molecular complexity index is 952. The van der Waals surface area contributed by atoms with Gasteiger partial charge in [-0.2, -0.15) is 16.4 Å². The fourth-order valence-electron chi connectivity index (χ4n) is 3.31. The van der Waals surface area contributed by atoms with Crippen LogP contribution >= 0.6 is 22.9 Å². The second-order valence-electron chi connectivity index (χ2n) is 6.83. The molecule has 0 bridgehead atoms. The average Bonchev–Trinajstić information content (AvgIpc) is 3.43. The summed E-state index contributed by atoms with van der Waals surface area (Å²) in [6.45, 7) is 1.01. The molecule has 1 amide bonds. The van der Waals surface area contributed by atoms with Gasteiger partial charge in [0, 0.05) is 18.0 Å². The first-order valence-electron chi connectivity index (χ1n) is 8.98. The van der Waals surface area contributed by atoms with Crippen LogP contribution in [0.5, 0.6) is 0 Å². The lowest BCUT2D eigenvalue weighted by Crippen LogP contribution is -2.36. The average molecular weight is 414 g/mol. The van der Waals surface area contributed by atoms with Crippen LogP contribution in [-0.2, 0) is 11.3 Å². The fraction of sp³-hybridized carbons (Fsp3) is 0.238. The van der Waals surface area contributed by atoms with Gasteiger partial charge in [-0.25, -0.2) is 5.01 Å². The van der Waals surface area contributed by atoms with Crippen LogP contribution < -0.4 is 0 Å². The minimum atomic E-state index is -0.234. The second-order valence-corrected chi connectivity index (χ2v) is 8.05. The van der Waals surface area contributed by atoms with Gasteiger partial charge in [-0.05, 0) is 59.3 Å². The van der Waals surface area contributed by atoms with E-state index in [-0.39, 0.29) is 18.5 Å². The number of thiophene rings is 1. The maximum Gasteiger partial charge on any atom is 0.257 e. The molecular formula is C21H20ClN3O2S. The Kier molecular flexibility index (Phi) is 5.62. The molecule has 1 atom stereocenters. The number of benzene rings is 1. The summed E-state index contributed by atoms with van der Waals surface area (Å²) in [6.07, 6.45) is 2.23. The minimum absolute atomic E-state index is 0.0527. The molecule has 3 heterocycles. The van der Waals surface area contributed by atoms with Crippen LogP contribution in [0.25, 0.3) is 0 Å². The van der Waals surface area contributed by atoms with Crippen LogP contribution in [0.15, 0.2) is 69.0 Å². The van der Waals surface area contributed by atoms with Crippen molar-refractivity contribution in [3.05, 3.63) is 81.4 Å². The molecule has 3 aromatic rings. The first kappa shape index (κ1) is 18.9. The molecule has 1 aliphatic rings. The van der Waals surface area contributed by atoms with E-state index in [2.05, 4.69) is 16.5 Å². The third kappa shape index (κ3) is 4.19. The third-order valence-electron chi connectivity index (χ3n) is 4.65. The highest BCUT2D eigenvalue weighted by Crippen LogP contribution is 2.33. The van der Waals surface area contributed by atoms with Crippen molar-refractivity contribution in [2.45, 2.75) is 19.0 Å². The van der Waals surface area contributed by atoms with E-state index in [0.29, 0.717) is 11.4 Å². The Balaban J connectivity index is 1.53. The summed E-state index contributed by atoms with van der Waals surface area (Å²) >= 11 is 7.66. The summed E-state index contributed by atoms with van der Waals surface area (Å²) in [5.41, 5.74) is 3.02. The molecule has 0 saturated carbocycles. The van der Waals surface area contributed by atoms with Gasteiger partial charge in [-0.3, -0.25) is 9.69 Å². The van der Waals surface area contributed by atoms with Crippen molar-refractivity contribution < 1.29 is 9.21 Å². The van der Waals surface area contributed by atoms with E-state index in [1.54, 1.807) is 22.6 Å². The number of rotatable bonds is 6. The largest absolute Gasteiger partial charge is 0.467 e. The van der Waals surface area contributed by atoms with Crippen molar-refractivity contribution in [2.24, 2.45) is 5.10 Å². The number of hydrazone groups is 1.